The zero-order chi connectivity index (χ0) is 38.6. The first kappa shape index (κ1) is 32.0. The van der Waals surface area contributed by atoms with Crippen LogP contribution in [0.2, 0.25) is 0 Å². The van der Waals surface area contributed by atoms with E-state index in [2.05, 4.69) is 161 Å². The molecule has 2 heteroatoms. The van der Waals surface area contributed by atoms with E-state index in [0.717, 1.165) is 11.4 Å². The predicted octanol–water partition coefficient (Wildman–Crippen LogP) is 15.3. The maximum Gasteiger partial charge on any atom is 0.0787 e. The summed E-state index contributed by atoms with van der Waals surface area (Å²) in [5, 5.41) is 15.5. The molecule has 0 bridgehead atoms. The first-order chi connectivity index (χ1) is 28.4. The number of nitrogens with zero attached hydrogens (tertiary/aromatic N) is 2. The Morgan fingerprint density at radius 1 is 0.310 bits per heavy atom. The fourth-order valence-electron chi connectivity index (χ4n) is 10.8. The summed E-state index contributed by atoms with van der Waals surface area (Å²) in [6.45, 7) is 8.86. The molecule has 2 aromatic heterocycles. The molecule has 0 N–H and O–H groups in total. The molecule has 11 aromatic rings. The number of aromatic nitrogens is 2. The highest BCUT2D eigenvalue weighted by Crippen LogP contribution is 2.53. The standard InChI is InChI=1S/C56H36N2/c1-29-9-17-35-43(23-29)41(25-47-37-19-11-31(3)51-39-7-5-21-57-55(39)49(53(37)51)27-45(35)47)33-13-15-34(16-14-33)42-26-48-38-20-12-32(4)52-40-8-6-22-58-56(40)50(54(38)52)28-46(48)36-18-10-30(2)24-44(36)42/h5-28H,1-4H3. The van der Waals surface area contributed by atoms with Crippen molar-refractivity contribution in [2.24, 2.45) is 0 Å². The van der Waals surface area contributed by atoms with Crippen molar-refractivity contribution >= 4 is 64.6 Å². The van der Waals surface area contributed by atoms with Crippen LogP contribution in [0.15, 0.2) is 146 Å². The van der Waals surface area contributed by atoms with Crippen LogP contribution in [0.4, 0.5) is 0 Å². The van der Waals surface area contributed by atoms with E-state index in [-0.39, 0.29) is 0 Å². The second kappa shape index (κ2) is 11.2. The average molecular weight is 737 g/mol. The van der Waals surface area contributed by atoms with Gasteiger partial charge in [0.2, 0.25) is 0 Å². The number of fused-ring (bicyclic) bond motifs is 14. The van der Waals surface area contributed by atoms with Crippen molar-refractivity contribution in [1.29, 1.82) is 0 Å². The largest absolute Gasteiger partial charge is 0.256 e. The van der Waals surface area contributed by atoms with E-state index < -0.39 is 0 Å². The number of hydrogen-bond donors (Lipinski definition) is 0. The van der Waals surface area contributed by atoms with Crippen LogP contribution in [0.1, 0.15) is 22.3 Å². The molecule has 2 aliphatic carbocycles. The summed E-state index contributed by atoms with van der Waals surface area (Å²) in [6, 6.07) is 50.8. The Morgan fingerprint density at radius 2 is 0.707 bits per heavy atom. The molecule has 13 rings (SSSR count). The molecule has 2 aliphatic rings. The van der Waals surface area contributed by atoms with Crippen molar-refractivity contribution in [3.63, 3.8) is 0 Å². The summed E-state index contributed by atoms with van der Waals surface area (Å²) >= 11 is 0. The van der Waals surface area contributed by atoms with Gasteiger partial charge in [0.05, 0.1) is 11.4 Å². The first-order valence-electron chi connectivity index (χ1n) is 20.3. The van der Waals surface area contributed by atoms with Crippen molar-refractivity contribution in [1.82, 2.24) is 9.97 Å². The van der Waals surface area contributed by atoms with E-state index >= 15 is 0 Å². The lowest BCUT2D eigenvalue weighted by Gasteiger charge is -2.17. The van der Waals surface area contributed by atoms with Gasteiger partial charge in [-0.1, -0.05) is 108 Å². The molecule has 2 heterocycles. The second-order valence-corrected chi connectivity index (χ2v) is 16.7. The van der Waals surface area contributed by atoms with Gasteiger partial charge in [0, 0.05) is 34.6 Å². The van der Waals surface area contributed by atoms with E-state index in [9.17, 15) is 0 Å². The van der Waals surface area contributed by atoms with Gasteiger partial charge in [0.25, 0.3) is 0 Å². The number of pyridine rings is 2. The Balaban J connectivity index is 1.04. The summed E-state index contributed by atoms with van der Waals surface area (Å²) in [5.74, 6) is 0. The van der Waals surface area contributed by atoms with Crippen molar-refractivity contribution < 1.29 is 0 Å². The van der Waals surface area contributed by atoms with Crippen LogP contribution in [-0.4, -0.2) is 9.97 Å². The van der Waals surface area contributed by atoms with Gasteiger partial charge in [-0.25, -0.2) is 0 Å². The summed E-state index contributed by atoms with van der Waals surface area (Å²) < 4.78 is 0. The van der Waals surface area contributed by atoms with Crippen molar-refractivity contribution in [2.45, 2.75) is 27.7 Å². The lowest BCUT2D eigenvalue weighted by atomic mass is 9.86. The van der Waals surface area contributed by atoms with Crippen LogP contribution in [0.3, 0.4) is 0 Å². The third-order valence-electron chi connectivity index (χ3n) is 13.4. The molecule has 0 atom stereocenters. The lowest BCUT2D eigenvalue weighted by molar-refractivity contribution is 1.34. The van der Waals surface area contributed by atoms with Gasteiger partial charge < -0.3 is 0 Å². The van der Waals surface area contributed by atoms with Crippen LogP contribution in [0.25, 0.3) is 132 Å². The lowest BCUT2D eigenvalue weighted by Crippen LogP contribution is -1.90. The minimum Gasteiger partial charge on any atom is -0.256 e. The van der Waals surface area contributed by atoms with Crippen LogP contribution >= 0.6 is 0 Å². The Kier molecular flexibility index (Phi) is 6.20. The first-order valence-corrected chi connectivity index (χ1v) is 20.3. The molecule has 0 unspecified atom stereocenters. The van der Waals surface area contributed by atoms with Gasteiger partial charge in [-0.05, 0) is 173 Å². The van der Waals surface area contributed by atoms with E-state index in [0.29, 0.717) is 0 Å². The van der Waals surface area contributed by atoms with Crippen molar-refractivity contribution in [3.8, 4) is 67.0 Å². The molecule has 0 amide bonds. The van der Waals surface area contributed by atoms with Gasteiger partial charge in [-0.15, -0.1) is 0 Å². The summed E-state index contributed by atoms with van der Waals surface area (Å²) in [7, 11) is 0. The third-order valence-corrected chi connectivity index (χ3v) is 13.4. The van der Waals surface area contributed by atoms with Crippen LogP contribution in [-0.2, 0) is 0 Å². The van der Waals surface area contributed by atoms with Crippen LogP contribution < -0.4 is 0 Å². The molecule has 0 spiro atoms. The molecule has 270 valence electrons. The molecular formula is C56H36N2. The minimum atomic E-state index is 1.09. The number of benzene rings is 9. The minimum absolute atomic E-state index is 1.09. The normalized spacial score (nSPS) is 12.5. The molecule has 58 heavy (non-hydrogen) atoms. The number of aryl methyl sites for hydroxylation is 4. The van der Waals surface area contributed by atoms with Crippen molar-refractivity contribution in [3.05, 3.63) is 168 Å². The molecule has 0 aliphatic heterocycles. The van der Waals surface area contributed by atoms with E-state index in [4.69, 9.17) is 9.97 Å². The Labute approximate surface area is 336 Å². The van der Waals surface area contributed by atoms with E-state index in [1.54, 1.807) is 0 Å². The molecule has 0 fully saturated rings. The van der Waals surface area contributed by atoms with Gasteiger partial charge in [0.1, 0.15) is 0 Å². The fourth-order valence-corrected chi connectivity index (χ4v) is 10.8. The Hall–Kier alpha value is -7.16. The zero-order valence-electron chi connectivity index (χ0n) is 32.8. The highest BCUT2D eigenvalue weighted by molar-refractivity contribution is 6.30. The van der Waals surface area contributed by atoms with Gasteiger partial charge >= 0.3 is 0 Å². The van der Waals surface area contributed by atoms with Gasteiger partial charge in [0.15, 0.2) is 0 Å². The van der Waals surface area contributed by atoms with E-state index in [1.807, 2.05) is 12.4 Å². The van der Waals surface area contributed by atoms with Crippen LogP contribution in [0, 0.1) is 27.7 Å². The Morgan fingerprint density at radius 3 is 1.16 bits per heavy atom. The fraction of sp³-hybridized carbons (Fsp3) is 0.0714. The quantitative estimate of drug-likeness (QED) is 0.165. The Bertz CT molecular complexity index is 3460. The highest BCUT2D eigenvalue weighted by atomic mass is 14.7. The number of hydrogen-bond acceptors (Lipinski definition) is 2. The van der Waals surface area contributed by atoms with E-state index in [1.165, 1.54) is 143 Å². The summed E-state index contributed by atoms with van der Waals surface area (Å²) in [5.41, 5.74) is 19.9. The summed E-state index contributed by atoms with van der Waals surface area (Å²) in [4.78, 5) is 9.83. The molecular weight excluding hydrogens is 701 g/mol. The maximum atomic E-state index is 4.91. The van der Waals surface area contributed by atoms with Crippen molar-refractivity contribution in [2.75, 3.05) is 0 Å². The smallest absolute Gasteiger partial charge is 0.0787 e. The van der Waals surface area contributed by atoms with Crippen LogP contribution in [0.5, 0.6) is 0 Å². The van der Waals surface area contributed by atoms with Gasteiger partial charge in [-0.3, -0.25) is 9.97 Å². The molecule has 9 aromatic carbocycles. The summed E-state index contributed by atoms with van der Waals surface area (Å²) in [6.07, 6.45) is 3.85. The maximum absolute atomic E-state index is 4.91. The molecule has 2 nitrogen and oxygen atoms in total. The molecule has 0 radical (unpaired) electrons. The third kappa shape index (κ3) is 4.11. The van der Waals surface area contributed by atoms with Gasteiger partial charge in [-0.2, -0.15) is 0 Å². The SMILES string of the molecule is Cc1ccc2c(c1)c(-c1ccc(-c3cc4c5ccc(C)c6c5c(cc4c4ccc(C)cc34)-c3ncccc3-6)cc1)cc1c3ccc(C)c4c3c(cc21)-c1ncccc1-4. The topological polar surface area (TPSA) is 25.8 Å². The molecule has 0 saturated heterocycles. The monoisotopic (exact) mass is 736 g/mol. The number of rotatable bonds is 2. The zero-order valence-corrected chi connectivity index (χ0v) is 32.8. The highest BCUT2D eigenvalue weighted by Gasteiger charge is 2.28. The average Bonchev–Trinajstić information content (AvgIpc) is 3.77. The predicted molar refractivity (Wildman–Crippen MR) is 246 cm³/mol. The molecule has 0 saturated carbocycles. The second-order valence-electron chi connectivity index (χ2n) is 16.7.